The van der Waals surface area contributed by atoms with Crippen LogP contribution in [0.15, 0.2) is 54.7 Å². The highest BCUT2D eigenvalue weighted by Gasteiger charge is 2.25. The van der Waals surface area contributed by atoms with Crippen molar-refractivity contribution in [3.63, 3.8) is 0 Å². The molecule has 0 saturated heterocycles. The summed E-state index contributed by atoms with van der Waals surface area (Å²) in [5.41, 5.74) is 1.24. The molecule has 0 aliphatic carbocycles. The van der Waals surface area contributed by atoms with Gasteiger partial charge in [-0.3, -0.25) is 19.9 Å². The van der Waals surface area contributed by atoms with Gasteiger partial charge in [0, 0.05) is 35.7 Å². The number of methoxy groups -OCH3 is 2. The second-order valence-corrected chi connectivity index (χ2v) is 6.42. The molecule has 0 aliphatic rings. The third kappa shape index (κ3) is 4.52. The molecule has 0 unspecified atom stereocenters. The van der Waals surface area contributed by atoms with Crippen LogP contribution in [0.5, 0.6) is 5.75 Å². The lowest BCUT2D eigenvalue weighted by atomic mass is 10.0. The summed E-state index contributed by atoms with van der Waals surface area (Å²) < 4.78 is 10.0. The van der Waals surface area contributed by atoms with Crippen LogP contribution in [-0.4, -0.2) is 42.0 Å². The molecular weight excluding hydrogens is 390 g/mol. The Kier molecular flexibility index (Phi) is 6.21. The third-order valence-electron chi connectivity index (χ3n) is 4.54. The number of nitrogens with one attached hydrogen (secondary N) is 1. The predicted molar refractivity (Wildman–Crippen MR) is 108 cm³/mol. The fraction of sp³-hybridized carbons (Fsp3) is 0.190. The van der Waals surface area contributed by atoms with E-state index in [1.807, 2.05) is 24.3 Å². The second-order valence-electron chi connectivity index (χ2n) is 6.42. The zero-order chi connectivity index (χ0) is 21.7. The van der Waals surface area contributed by atoms with Crippen LogP contribution in [0.3, 0.4) is 0 Å². The number of benzene rings is 2. The van der Waals surface area contributed by atoms with Gasteiger partial charge in [-0.05, 0) is 18.2 Å². The van der Waals surface area contributed by atoms with E-state index in [0.29, 0.717) is 11.3 Å². The number of nitrogens with zero attached hydrogens (tertiary/aromatic N) is 2. The Bertz CT molecular complexity index is 1110. The largest absolute Gasteiger partial charge is 0.496 e. The Morgan fingerprint density at radius 2 is 1.93 bits per heavy atom. The molecule has 0 saturated carbocycles. The van der Waals surface area contributed by atoms with E-state index in [2.05, 4.69) is 10.3 Å². The van der Waals surface area contributed by atoms with E-state index >= 15 is 0 Å². The van der Waals surface area contributed by atoms with Gasteiger partial charge >= 0.3 is 5.97 Å². The number of hydrogen-bond acceptors (Lipinski definition) is 7. The van der Waals surface area contributed by atoms with E-state index in [1.165, 1.54) is 38.6 Å². The summed E-state index contributed by atoms with van der Waals surface area (Å²) in [7, 11) is 2.61. The van der Waals surface area contributed by atoms with E-state index in [9.17, 15) is 19.7 Å². The minimum absolute atomic E-state index is 0.0513. The normalized spacial score (nSPS) is 11.5. The van der Waals surface area contributed by atoms with E-state index in [-0.39, 0.29) is 17.7 Å². The van der Waals surface area contributed by atoms with Gasteiger partial charge in [-0.1, -0.05) is 18.2 Å². The summed E-state index contributed by atoms with van der Waals surface area (Å²) in [5.74, 6) is -0.852. The molecule has 0 spiro atoms. The molecular formula is C21H19N3O6. The van der Waals surface area contributed by atoms with Crippen LogP contribution < -0.4 is 10.1 Å². The molecule has 0 bridgehead atoms. The molecule has 1 atom stereocenters. The minimum atomic E-state index is -1.08. The number of para-hydroxylation sites is 1. The van der Waals surface area contributed by atoms with Crippen molar-refractivity contribution < 1.29 is 24.0 Å². The van der Waals surface area contributed by atoms with Crippen molar-refractivity contribution >= 4 is 28.5 Å². The molecule has 0 radical (unpaired) electrons. The molecule has 1 amide bonds. The molecule has 0 fully saturated rings. The van der Waals surface area contributed by atoms with E-state index in [1.54, 1.807) is 6.07 Å². The summed E-state index contributed by atoms with van der Waals surface area (Å²) in [6.07, 6.45) is 1.37. The van der Waals surface area contributed by atoms with Crippen LogP contribution in [0.2, 0.25) is 0 Å². The van der Waals surface area contributed by atoms with E-state index < -0.39 is 22.8 Å². The number of aromatic nitrogens is 1. The number of carbonyl (C=O) groups is 2. The lowest BCUT2D eigenvalue weighted by Gasteiger charge is -2.18. The first-order chi connectivity index (χ1) is 14.4. The summed E-state index contributed by atoms with van der Waals surface area (Å²) in [5, 5.41) is 14.5. The number of ether oxygens (including phenoxy) is 2. The van der Waals surface area contributed by atoms with Crippen molar-refractivity contribution in [3.8, 4) is 5.75 Å². The summed E-state index contributed by atoms with van der Waals surface area (Å²) in [6.45, 7) is 0. The van der Waals surface area contributed by atoms with Crippen molar-refractivity contribution in [1.29, 1.82) is 0 Å². The van der Waals surface area contributed by atoms with E-state index in [0.717, 1.165) is 10.9 Å². The van der Waals surface area contributed by atoms with Gasteiger partial charge in [0.1, 0.15) is 11.8 Å². The van der Waals surface area contributed by atoms with Gasteiger partial charge in [-0.2, -0.15) is 0 Å². The maximum atomic E-state index is 12.7. The van der Waals surface area contributed by atoms with E-state index in [4.69, 9.17) is 9.47 Å². The van der Waals surface area contributed by atoms with Crippen LogP contribution in [0.4, 0.5) is 5.69 Å². The molecule has 2 aromatic carbocycles. The molecule has 9 nitrogen and oxygen atoms in total. The summed E-state index contributed by atoms with van der Waals surface area (Å²) in [6, 6.07) is 12.0. The maximum Gasteiger partial charge on any atom is 0.328 e. The third-order valence-corrected chi connectivity index (χ3v) is 4.54. The zero-order valence-electron chi connectivity index (χ0n) is 16.3. The average molecular weight is 409 g/mol. The Balaban J connectivity index is 1.87. The van der Waals surface area contributed by atoms with Gasteiger partial charge in [-0.25, -0.2) is 4.79 Å². The fourth-order valence-electron chi connectivity index (χ4n) is 3.03. The first-order valence-corrected chi connectivity index (χ1v) is 8.97. The highest BCUT2D eigenvalue weighted by molar-refractivity contribution is 5.99. The number of rotatable bonds is 7. The van der Waals surface area contributed by atoms with Crippen LogP contribution in [-0.2, 0) is 16.0 Å². The van der Waals surface area contributed by atoms with Gasteiger partial charge in [0.05, 0.1) is 30.2 Å². The molecule has 9 heteroatoms. The lowest BCUT2D eigenvalue weighted by Crippen LogP contribution is -2.43. The molecule has 0 aliphatic heterocycles. The van der Waals surface area contributed by atoms with Gasteiger partial charge in [0.15, 0.2) is 0 Å². The Hall–Kier alpha value is -4.01. The molecule has 1 N–H and O–H groups in total. The molecule has 30 heavy (non-hydrogen) atoms. The van der Waals surface area contributed by atoms with Gasteiger partial charge in [-0.15, -0.1) is 0 Å². The maximum absolute atomic E-state index is 12.7. The highest BCUT2D eigenvalue weighted by Crippen LogP contribution is 2.25. The van der Waals surface area contributed by atoms with Crippen molar-refractivity contribution in [3.05, 3.63) is 76.0 Å². The summed E-state index contributed by atoms with van der Waals surface area (Å²) >= 11 is 0. The SMILES string of the molecule is COC(=O)[C@H](Cc1cc([N+](=O)[O-])ccc1OC)NC(=O)c1cnc2ccccc2c1. The summed E-state index contributed by atoms with van der Waals surface area (Å²) in [4.78, 5) is 39.8. The van der Waals surface area contributed by atoms with Crippen LogP contribution >= 0.6 is 0 Å². The molecule has 154 valence electrons. The predicted octanol–water partition coefficient (Wildman–Crippen LogP) is 2.67. The van der Waals surface area contributed by atoms with Crippen molar-refractivity contribution in [1.82, 2.24) is 10.3 Å². The highest BCUT2D eigenvalue weighted by atomic mass is 16.6. The molecule has 1 heterocycles. The average Bonchev–Trinajstić information content (AvgIpc) is 2.77. The molecule has 3 aromatic rings. The number of fused-ring (bicyclic) bond motifs is 1. The number of nitro benzene ring substituents is 1. The number of amides is 1. The smallest absolute Gasteiger partial charge is 0.328 e. The van der Waals surface area contributed by atoms with Crippen LogP contribution in [0, 0.1) is 10.1 Å². The number of esters is 1. The standard InChI is InChI=1S/C21H19N3O6/c1-29-19-8-7-16(24(27)28)10-14(19)11-18(21(26)30-2)23-20(25)15-9-13-5-3-4-6-17(13)22-12-15/h3-10,12,18H,11H2,1-2H3,(H,23,25)/t18-/m0/s1. The number of hydrogen-bond donors (Lipinski definition) is 1. The van der Waals surface area contributed by atoms with Crippen LogP contribution in [0.1, 0.15) is 15.9 Å². The number of carbonyl (C=O) groups excluding carboxylic acids is 2. The fourth-order valence-corrected chi connectivity index (χ4v) is 3.03. The van der Waals surface area contributed by atoms with Gasteiger partial charge in [0.25, 0.3) is 11.6 Å². The first kappa shape index (κ1) is 20.7. The van der Waals surface area contributed by atoms with Crippen molar-refractivity contribution in [2.75, 3.05) is 14.2 Å². The van der Waals surface area contributed by atoms with Gasteiger partial charge < -0.3 is 14.8 Å². The number of nitro groups is 1. The Labute approximate surface area is 171 Å². The second kappa shape index (κ2) is 8.99. The lowest BCUT2D eigenvalue weighted by molar-refractivity contribution is -0.384. The van der Waals surface area contributed by atoms with Crippen molar-refractivity contribution in [2.24, 2.45) is 0 Å². The van der Waals surface area contributed by atoms with Crippen LogP contribution in [0.25, 0.3) is 10.9 Å². The Morgan fingerprint density at radius 1 is 1.17 bits per heavy atom. The topological polar surface area (TPSA) is 121 Å². The zero-order valence-corrected chi connectivity index (χ0v) is 16.3. The number of non-ortho nitro benzene ring substituents is 1. The first-order valence-electron chi connectivity index (χ1n) is 8.97. The Morgan fingerprint density at radius 3 is 2.63 bits per heavy atom. The minimum Gasteiger partial charge on any atom is -0.496 e. The van der Waals surface area contributed by atoms with Crippen molar-refractivity contribution in [2.45, 2.75) is 12.5 Å². The monoisotopic (exact) mass is 409 g/mol. The molecule has 1 aromatic heterocycles. The molecule has 3 rings (SSSR count). The van der Waals surface area contributed by atoms with Gasteiger partial charge in [0.2, 0.25) is 0 Å². The quantitative estimate of drug-likeness (QED) is 0.362. The number of pyridine rings is 1.